The van der Waals surface area contributed by atoms with E-state index in [0.717, 1.165) is 27.6 Å². The summed E-state index contributed by atoms with van der Waals surface area (Å²) in [6, 6.07) is 0. The predicted octanol–water partition coefficient (Wildman–Crippen LogP) is 3.78. The van der Waals surface area contributed by atoms with E-state index in [9.17, 15) is 4.79 Å². The Balaban J connectivity index is 2.87. The molecule has 0 N–H and O–H groups in total. The molecule has 0 aliphatic rings. The zero-order valence-corrected chi connectivity index (χ0v) is 11.4. The van der Waals surface area contributed by atoms with Crippen molar-refractivity contribution in [3.05, 3.63) is 21.3 Å². The molecule has 0 fully saturated rings. The monoisotopic (exact) mass is 269 g/mol. The third-order valence-electron chi connectivity index (χ3n) is 2.64. The van der Waals surface area contributed by atoms with Gasteiger partial charge in [0.05, 0.1) is 12.0 Å². The number of halogens is 1. The van der Waals surface area contributed by atoms with Crippen LogP contribution in [0, 0.1) is 13.8 Å². The zero-order chi connectivity index (χ0) is 12.6. The molecule has 0 aromatic carbocycles. The van der Waals surface area contributed by atoms with Crippen molar-refractivity contribution in [1.29, 1.82) is 0 Å². The molecule has 5 heteroatoms. The minimum atomic E-state index is 0.399. The standard InChI is InChI=1S/C12H12ClNO2S/c1-4-16-10-8(5-15)17-11-6(2)7(3)14-12(13)9(10)11/h5H,4H2,1-3H3. The van der Waals surface area contributed by atoms with Crippen LogP contribution < -0.4 is 4.74 Å². The maximum atomic E-state index is 11.0. The Labute approximate surface area is 108 Å². The first-order chi connectivity index (χ1) is 8.10. The topological polar surface area (TPSA) is 39.2 Å². The molecule has 3 nitrogen and oxygen atoms in total. The Kier molecular flexibility index (Phi) is 3.35. The first-order valence-electron chi connectivity index (χ1n) is 5.27. The summed E-state index contributed by atoms with van der Waals surface area (Å²) in [6.07, 6.45) is 0.806. The van der Waals surface area contributed by atoms with Gasteiger partial charge in [0, 0.05) is 10.4 Å². The number of thiophene rings is 1. The molecule has 2 rings (SSSR count). The van der Waals surface area contributed by atoms with E-state index in [1.165, 1.54) is 11.3 Å². The smallest absolute Gasteiger partial charge is 0.163 e. The van der Waals surface area contributed by atoms with Crippen LogP contribution >= 0.6 is 22.9 Å². The molecule has 0 aliphatic carbocycles. The molecule has 0 amide bonds. The van der Waals surface area contributed by atoms with E-state index < -0.39 is 0 Å². The summed E-state index contributed by atoms with van der Waals surface area (Å²) in [5.41, 5.74) is 1.92. The van der Waals surface area contributed by atoms with Crippen molar-refractivity contribution in [1.82, 2.24) is 4.98 Å². The normalized spacial score (nSPS) is 10.8. The van der Waals surface area contributed by atoms with Gasteiger partial charge in [-0.3, -0.25) is 4.79 Å². The van der Waals surface area contributed by atoms with Crippen LogP contribution in [0.2, 0.25) is 5.15 Å². The fourth-order valence-corrected chi connectivity index (χ4v) is 3.18. The van der Waals surface area contributed by atoms with Crippen molar-refractivity contribution in [2.75, 3.05) is 6.61 Å². The van der Waals surface area contributed by atoms with E-state index in [-0.39, 0.29) is 0 Å². The number of rotatable bonds is 3. The molecular formula is C12H12ClNO2S. The van der Waals surface area contributed by atoms with E-state index in [0.29, 0.717) is 22.4 Å². The van der Waals surface area contributed by atoms with Gasteiger partial charge in [-0.15, -0.1) is 11.3 Å². The average Bonchev–Trinajstić information content (AvgIpc) is 2.66. The van der Waals surface area contributed by atoms with Crippen molar-refractivity contribution in [2.24, 2.45) is 0 Å². The molecule has 0 saturated heterocycles. The average molecular weight is 270 g/mol. The highest BCUT2D eigenvalue weighted by Gasteiger charge is 2.19. The SMILES string of the molecule is CCOc1c(C=O)sc2c(C)c(C)nc(Cl)c12. The number of pyridine rings is 1. The summed E-state index contributed by atoms with van der Waals surface area (Å²) in [6.45, 7) is 6.25. The highest BCUT2D eigenvalue weighted by atomic mass is 35.5. The molecule has 17 heavy (non-hydrogen) atoms. The lowest BCUT2D eigenvalue weighted by atomic mass is 10.2. The maximum absolute atomic E-state index is 11.0. The van der Waals surface area contributed by atoms with Gasteiger partial charge in [-0.2, -0.15) is 0 Å². The van der Waals surface area contributed by atoms with Gasteiger partial charge in [-0.25, -0.2) is 4.98 Å². The van der Waals surface area contributed by atoms with Gasteiger partial charge in [0.1, 0.15) is 10.0 Å². The van der Waals surface area contributed by atoms with E-state index >= 15 is 0 Å². The van der Waals surface area contributed by atoms with Gasteiger partial charge in [0.2, 0.25) is 0 Å². The van der Waals surface area contributed by atoms with Crippen molar-refractivity contribution < 1.29 is 9.53 Å². The number of aryl methyl sites for hydroxylation is 2. The van der Waals surface area contributed by atoms with Crippen LogP contribution in [0.5, 0.6) is 5.75 Å². The third kappa shape index (κ3) is 1.91. The summed E-state index contributed by atoms with van der Waals surface area (Å²) >= 11 is 7.55. The van der Waals surface area contributed by atoms with E-state index in [1.54, 1.807) is 0 Å². The van der Waals surface area contributed by atoms with Crippen LogP contribution in [-0.2, 0) is 0 Å². The Bertz CT molecular complexity index is 592. The maximum Gasteiger partial charge on any atom is 0.163 e. The molecule has 2 aromatic rings. The summed E-state index contributed by atoms with van der Waals surface area (Å²) in [7, 11) is 0. The Morgan fingerprint density at radius 3 is 2.76 bits per heavy atom. The summed E-state index contributed by atoms with van der Waals surface area (Å²) < 4.78 is 6.49. The number of nitrogens with zero attached hydrogens (tertiary/aromatic N) is 1. The molecule has 0 unspecified atom stereocenters. The quantitative estimate of drug-likeness (QED) is 0.629. The van der Waals surface area contributed by atoms with Crippen LogP contribution in [0.4, 0.5) is 0 Å². The summed E-state index contributed by atoms with van der Waals surface area (Å²) in [5.74, 6) is 0.558. The second-order valence-corrected chi connectivity index (χ2v) is 5.07. The number of hydrogen-bond acceptors (Lipinski definition) is 4. The number of carbonyl (C=O) groups excluding carboxylic acids is 1. The van der Waals surface area contributed by atoms with E-state index in [1.807, 2.05) is 20.8 Å². The molecule has 0 aliphatic heterocycles. The van der Waals surface area contributed by atoms with Crippen LogP contribution in [0.3, 0.4) is 0 Å². The largest absolute Gasteiger partial charge is 0.491 e. The van der Waals surface area contributed by atoms with Crippen LogP contribution in [0.15, 0.2) is 0 Å². The molecule has 0 spiro atoms. The molecule has 0 atom stereocenters. The number of carbonyl (C=O) groups is 1. The van der Waals surface area contributed by atoms with E-state index in [2.05, 4.69) is 4.98 Å². The predicted molar refractivity (Wildman–Crippen MR) is 70.7 cm³/mol. The lowest BCUT2D eigenvalue weighted by Gasteiger charge is -2.05. The van der Waals surface area contributed by atoms with Gasteiger partial charge in [0.25, 0.3) is 0 Å². The number of hydrogen-bond donors (Lipinski definition) is 0. The molecule has 0 saturated carbocycles. The van der Waals surface area contributed by atoms with Gasteiger partial charge in [-0.1, -0.05) is 11.6 Å². The second-order valence-electron chi connectivity index (χ2n) is 3.66. The lowest BCUT2D eigenvalue weighted by Crippen LogP contribution is -1.94. The van der Waals surface area contributed by atoms with Crippen molar-refractivity contribution in [2.45, 2.75) is 20.8 Å². The van der Waals surface area contributed by atoms with E-state index in [4.69, 9.17) is 16.3 Å². The highest BCUT2D eigenvalue weighted by Crippen LogP contribution is 2.42. The van der Waals surface area contributed by atoms with Crippen molar-refractivity contribution in [3.8, 4) is 5.75 Å². The van der Waals surface area contributed by atoms with Gasteiger partial charge < -0.3 is 4.74 Å². The molecule has 2 heterocycles. The fourth-order valence-electron chi connectivity index (χ4n) is 1.70. The number of fused-ring (bicyclic) bond motifs is 1. The minimum absolute atomic E-state index is 0.399. The van der Waals surface area contributed by atoms with Gasteiger partial charge in [0.15, 0.2) is 12.0 Å². The van der Waals surface area contributed by atoms with Crippen LogP contribution in [0.25, 0.3) is 10.1 Å². The van der Waals surface area contributed by atoms with Gasteiger partial charge >= 0.3 is 0 Å². The number of aldehydes is 1. The Morgan fingerprint density at radius 2 is 2.18 bits per heavy atom. The summed E-state index contributed by atoms with van der Waals surface area (Å²) in [5, 5.41) is 1.15. The molecular weight excluding hydrogens is 258 g/mol. The Morgan fingerprint density at radius 1 is 1.47 bits per heavy atom. The van der Waals surface area contributed by atoms with Gasteiger partial charge in [-0.05, 0) is 26.3 Å². The number of aromatic nitrogens is 1. The van der Waals surface area contributed by atoms with Crippen LogP contribution in [-0.4, -0.2) is 17.9 Å². The number of ether oxygens (including phenoxy) is 1. The molecule has 0 radical (unpaired) electrons. The zero-order valence-electron chi connectivity index (χ0n) is 9.83. The van der Waals surface area contributed by atoms with Crippen molar-refractivity contribution >= 4 is 39.3 Å². The minimum Gasteiger partial charge on any atom is -0.491 e. The molecule has 0 bridgehead atoms. The first kappa shape index (κ1) is 12.3. The van der Waals surface area contributed by atoms with Crippen molar-refractivity contribution in [3.63, 3.8) is 0 Å². The Hall–Kier alpha value is -1.13. The van der Waals surface area contributed by atoms with Crippen LogP contribution in [0.1, 0.15) is 27.9 Å². The fraction of sp³-hybridized carbons (Fsp3) is 0.333. The summed E-state index contributed by atoms with van der Waals surface area (Å²) in [4.78, 5) is 15.9. The lowest BCUT2D eigenvalue weighted by molar-refractivity contribution is 0.112. The third-order valence-corrected chi connectivity index (χ3v) is 4.13. The molecule has 90 valence electrons. The molecule has 2 aromatic heterocycles. The second kappa shape index (κ2) is 4.63. The first-order valence-corrected chi connectivity index (χ1v) is 6.46. The highest BCUT2D eigenvalue weighted by molar-refractivity contribution is 7.21.